The van der Waals surface area contributed by atoms with Gasteiger partial charge in [0.25, 0.3) is 0 Å². The maximum Gasteiger partial charge on any atom is 0.346 e. The van der Waals surface area contributed by atoms with Crippen LogP contribution < -0.4 is 11.0 Å². The van der Waals surface area contributed by atoms with E-state index < -0.39 is 10.0 Å². The predicted molar refractivity (Wildman–Crippen MR) is 129 cm³/mol. The molecule has 180 valence electrons. The van der Waals surface area contributed by atoms with Crippen LogP contribution in [-0.4, -0.2) is 46.1 Å². The summed E-state index contributed by atoms with van der Waals surface area (Å²) in [6.07, 6.45) is 1.18. The van der Waals surface area contributed by atoms with Gasteiger partial charge in [0.2, 0.25) is 15.9 Å². The number of anilines is 1. The highest BCUT2D eigenvalue weighted by Gasteiger charge is 2.32. The van der Waals surface area contributed by atoms with Crippen molar-refractivity contribution >= 4 is 21.6 Å². The molecule has 1 aromatic heterocycles. The van der Waals surface area contributed by atoms with E-state index in [0.29, 0.717) is 44.7 Å². The van der Waals surface area contributed by atoms with Gasteiger partial charge in [-0.15, -0.1) is 0 Å². The Morgan fingerprint density at radius 3 is 2.29 bits per heavy atom. The lowest BCUT2D eigenvalue weighted by atomic mass is 9.97. The molecule has 1 aliphatic rings. The van der Waals surface area contributed by atoms with Gasteiger partial charge in [-0.05, 0) is 49.6 Å². The van der Waals surface area contributed by atoms with Crippen LogP contribution in [0, 0.1) is 0 Å². The topological polar surface area (TPSA) is 106 Å². The van der Waals surface area contributed by atoms with Crippen molar-refractivity contribution in [2.75, 3.05) is 18.4 Å². The van der Waals surface area contributed by atoms with E-state index >= 15 is 0 Å². The summed E-state index contributed by atoms with van der Waals surface area (Å²) in [5.41, 5.74) is 1.41. The molecular formula is C24H29N5O4S. The Kier molecular flexibility index (Phi) is 6.99. The second-order valence-electron chi connectivity index (χ2n) is 8.41. The Morgan fingerprint density at radius 2 is 1.71 bits per heavy atom. The lowest BCUT2D eigenvalue weighted by molar-refractivity contribution is -0.114. The Balaban J connectivity index is 1.47. The number of amides is 1. The number of nitrogens with zero attached hydrogens (tertiary/aromatic N) is 4. The smallest absolute Gasteiger partial charge is 0.326 e. The molecule has 1 saturated heterocycles. The molecule has 34 heavy (non-hydrogen) atoms. The van der Waals surface area contributed by atoms with Gasteiger partial charge < -0.3 is 5.32 Å². The lowest BCUT2D eigenvalue weighted by Gasteiger charge is -2.30. The average Bonchev–Trinajstić information content (AvgIpc) is 3.14. The molecule has 0 spiro atoms. The van der Waals surface area contributed by atoms with Gasteiger partial charge in [0.05, 0.1) is 11.4 Å². The molecule has 4 rings (SSSR count). The van der Waals surface area contributed by atoms with Crippen molar-refractivity contribution in [3.05, 3.63) is 76.5 Å². The quantitative estimate of drug-likeness (QED) is 0.556. The van der Waals surface area contributed by atoms with Crippen molar-refractivity contribution in [3.8, 4) is 0 Å². The summed E-state index contributed by atoms with van der Waals surface area (Å²) < 4.78 is 30.9. The minimum absolute atomic E-state index is 0.0123. The van der Waals surface area contributed by atoms with Gasteiger partial charge in [0.15, 0.2) is 0 Å². The minimum Gasteiger partial charge on any atom is -0.326 e. The summed E-state index contributed by atoms with van der Waals surface area (Å²) in [6, 6.07) is 15.9. The zero-order chi connectivity index (χ0) is 24.3. The maximum atomic E-state index is 13.1. The van der Waals surface area contributed by atoms with E-state index in [1.807, 2.05) is 37.3 Å². The molecule has 0 aliphatic carbocycles. The summed E-state index contributed by atoms with van der Waals surface area (Å²) in [6.45, 7) is 4.94. The zero-order valence-electron chi connectivity index (χ0n) is 19.3. The molecule has 0 unspecified atom stereocenters. The minimum atomic E-state index is -3.65. The van der Waals surface area contributed by atoms with Crippen LogP contribution in [0.25, 0.3) is 0 Å². The first-order valence-electron chi connectivity index (χ1n) is 11.4. The summed E-state index contributed by atoms with van der Waals surface area (Å²) in [5.74, 6) is 0.521. The highest BCUT2D eigenvalue weighted by Crippen LogP contribution is 2.30. The molecule has 3 aromatic rings. The van der Waals surface area contributed by atoms with E-state index in [4.69, 9.17) is 0 Å². The van der Waals surface area contributed by atoms with Crippen LogP contribution in [0.1, 0.15) is 44.0 Å². The van der Waals surface area contributed by atoms with Gasteiger partial charge in [-0.3, -0.25) is 9.36 Å². The van der Waals surface area contributed by atoms with Gasteiger partial charge in [0.1, 0.15) is 5.82 Å². The summed E-state index contributed by atoms with van der Waals surface area (Å²) in [4.78, 5) is 24.3. The van der Waals surface area contributed by atoms with E-state index in [2.05, 4.69) is 10.4 Å². The van der Waals surface area contributed by atoms with Crippen LogP contribution in [0.2, 0.25) is 0 Å². The Hall–Kier alpha value is -3.24. The summed E-state index contributed by atoms with van der Waals surface area (Å²) >= 11 is 0. The Labute approximate surface area is 199 Å². The summed E-state index contributed by atoms with van der Waals surface area (Å²) in [5, 5.41) is 7.28. The van der Waals surface area contributed by atoms with E-state index in [1.165, 1.54) is 28.0 Å². The number of nitrogens with one attached hydrogen (secondary N) is 1. The maximum absolute atomic E-state index is 13.1. The van der Waals surface area contributed by atoms with Gasteiger partial charge in [0, 0.05) is 38.2 Å². The van der Waals surface area contributed by atoms with Crippen LogP contribution in [0.3, 0.4) is 0 Å². The molecule has 1 amide bonds. The fraction of sp³-hybridized carbons (Fsp3) is 0.375. The number of piperidine rings is 1. The van der Waals surface area contributed by atoms with Crippen LogP contribution in [0.4, 0.5) is 5.69 Å². The third kappa shape index (κ3) is 4.97. The van der Waals surface area contributed by atoms with Crippen molar-refractivity contribution in [1.29, 1.82) is 0 Å². The van der Waals surface area contributed by atoms with E-state index in [9.17, 15) is 18.0 Å². The first-order chi connectivity index (χ1) is 16.3. The molecule has 0 saturated carbocycles. The number of carbonyl (C=O) groups is 1. The van der Waals surface area contributed by atoms with Gasteiger partial charge in [-0.2, -0.15) is 9.40 Å². The van der Waals surface area contributed by atoms with Crippen LogP contribution >= 0.6 is 0 Å². The predicted octanol–water partition coefficient (Wildman–Crippen LogP) is 2.64. The first-order valence-corrected chi connectivity index (χ1v) is 12.8. The summed E-state index contributed by atoms with van der Waals surface area (Å²) in [7, 11) is -3.65. The van der Waals surface area contributed by atoms with E-state index in [1.54, 1.807) is 16.7 Å². The second-order valence-corrected chi connectivity index (χ2v) is 10.4. The highest BCUT2D eigenvalue weighted by atomic mass is 32.2. The molecule has 2 aromatic carbocycles. The molecule has 0 bridgehead atoms. The zero-order valence-corrected chi connectivity index (χ0v) is 20.2. The number of benzene rings is 2. The standard InChI is InChI=1S/C24H29N5O4S/c1-3-28-23(26-29(24(28)31)17-19-7-5-4-6-8-19)20-13-15-27(16-14-20)34(32,33)22-11-9-21(10-12-22)25-18(2)30/h4-12,20H,3,13-17H2,1-2H3,(H,25,30). The van der Waals surface area contributed by atoms with Gasteiger partial charge in [-0.25, -0.2) is 17.9 Å². The molecule has 1 fully saturated rings. The van der Waals surface area contributed by atoms with Crippen LogP contribution in [-0.2, 0) is 27.9 Å². The molecule has 10 heteroatoms. The van der Waals surface area contributed by atoms with Crippen molar-refractivity contribution in [3.63, 3.8) is 0 Å². The highest BCUT2D eigenvalue weighted by molar-refractivity contribution is 7.89. The molecule has 0 atom stereocenters. The normalized spacial score (nSPS) is 15.4. The van der Waals surface area contributed by atoms with E-state index in [-0.39, 0.29) is 22.4 Å². The monoisotopic (exact) mass is 483 g/mol. The molecule has 1 N–H and O–H groups in total. The molecule has 0 radical (unpaired) electrons. The van der Waals surface area contributed by atoms with Crippen LogP contribution in [0.5, 0.6) is 0 Å². The fourth-order valence-corrected chi connectivity index (χ4v) is 5.80. The fourth-order valence-electron chi connectivity index (χ4n) is 4.33. The van der Waals surface area contributed by atoms with Crippen molar-refractivity contribution < 1.29 is 13.2 Å². The number of aromatic nitrogens is 3. The third-order valence-corrected chi connectivity index (χ3v) is 7.99. The average molecular weight is 484 g/mol. The van der Waals surface area contributed by atoms with Crippen LogP contribution in [0.15, 0.2) is 64.3 Å². The van der Waals surface area contributed by atoms with E-state index in [0.717, 1.165) is 11.4 Å². The van der Waals surface area contributed by atoms with Crippen molar-refractivity contribution in [2.45, 2.75) is 50.6 Å². The van der Waals surface area contributed by atoms with Gasteiger partial charge in [-0.1, -0.05) is 30.3 Å². The molecular weight excluding hydrogens is 454 g/mol. The first kappa shape index (κ1) is 23.9. The Bertz CT molecular complexity index is 1310. The number of hydrogen-bond acceptors (Lipinski definition) is 5. The van der Waals surface area contributed by atoms with Crippen molar-refractivity contribution in [1.82, 2.24) is 18.7 Å². The number of carbonyl (C=O) groups excluding carboxylic acids is 1. The molecule has 1 aliphatic heterocycles. The van der Waals surface area contributed by atoms with Gasteiger partial charge >= 0.3 is 5.69 Å². The third-order valence-electron chi connectivity index (χ3n) is 6.07. The molecule has 2 heterocycles. The largest absolute Gasteiger partial charge is 0.346 e. The SMILES string of the molecule is CCn1c(C2CCN(S(=O)(=O)c3ccc(NC(C)=O)cc3)CC2)nn(Cc2ccccc2)c1=O. The number of hydrogen-bond donors (Lipinski definition) is 1. The lowest BCUT2D eigenvalue weighted by Crippen LogP contribution is -2.38. The Morgan fingerprint density at radius 1 is 1.06 bits per heavy atom. The molecule has 9 nitrogen and oxygen atoms in total. The van der Waals surface area contributed by atoms with Crippen molar-refractivity contribution in [2.24, 2.45) is 0 Å². The number of sulfonamides is 1. The second kappa shape index (κ2) is 9.94. The number of rotatable bonds is 7.